The highest BCUT2D eigenvalue weighted by atomic mass is 16.4. The predicted octanol–water partition coefficient (Wildman–Crippen LogP) is -1.23. The van der Waals surface area contributed by atoms with E-state index in [1.165, 1.54) is 13.8 Å². The van der Waals surface area contributed by atoms with Crippen LogP contribution in [0.3, 0.4) is 0 Å². The van der Waals surface area contributed by atoms with Gasteiger partial charge < -0.3 is 31.9 Å². The number of hydrogen-bond acceptors (Lipinski definition) is 6. The molecule has 0 aliphatic rings. The van der Waals surface area contributed by atoms with Crippen molar-refractivity contribution >= 4 is 23.9 Å². The van der Waals surface area contributed by atoms with E-state index in [-0.39, 0.29) is 12.8 Å². The molecule has 0 aromatic heterocycles. The zero-order valence-electron chi connectivity index (χ0n) is 11.6. The largest absolute Gasteiger partial charge is 0.481 e. The van der Waals surface area contributed by atoms with E-state index in [0.29, 0.717) is 0 Å². The van der Waals surface area contributed by atoms with Crippen molar-refractivity contribution in [1.82, 2.24) is 0 Å². The van der Waals surface area contributed by atoms with Crippen LogP contribution in [0.15, 0.2) is 0 Å². The van der Waals surface area contributed by atoms with Gasteiger partial charge in [0.1, 0.15) is 12.1 Å². The number of carboxylic acids is 4. The summed E-state index contributed by atoms with van der Waals surface area (Å²) >= 11 is 0. The van der Waals surface area contributed by atoms with Gasteiger partial charge in [-0.25, -0.2) is 0 Å². The Labute approximate surface area is 120 Å². The lowest BCUT2D eigenvalue weighted by Gasteiger charge is -2.22. The van der Waals surface area contributed by atoms with E-state index in [0.717, 1.165) is 0 Å². The molecule has 10 nitrogen and oxygen atoms in total. The highest BCUT2D eigenvalue weighted by Gasteiger charge is 2.38. The van der Waals surface area contributed by atoms with Crippen molar-refractivity contribution < 1.29 is 39.6 Å². The van der Waals surface area contributed by atoms with Crippen LogP contribution in [0.4, 0.5) is 0 Å². The molecule has 122 valence electrons. The molecule has 0 aromatic rings. The number of carbonyl (C=O) groups is 4. The maximum absolute atomic E-state index is 10.4. The zero-order valence-corrected chi connectivity index (χ0v) is 11.6. The molecule has 0 fully saturated rings. The number of nitrogens with two attached hydrogens (primary N) is 2. The van der Waals surface area contributed by atoms with Gasteiger partial charge in [-0.05, 0) is 20.3 Å². The summed E-state index contributed by atoms with van der Waals surface area (Å²) in [6.07, 6.45) is -0.224. The monoisotopic (exact) mass is 308 g/mol. The maximum atomic E-state index is 10.4. The molecule has 2 unspecified atom stereocenters. The highest BCUT2D eigenvalue weighted by Crippen LogP contribution is 2.18. The molecule has 0 saturated carbocycles. The second kappa shape index (κ2) is 8.87. The summed E-state index contributed by atoms with van der Waals surface area (Å²) in [5, 5.41) is 33.2. The molecule has 0 bridgehead atoms. The molecule has 0 aliphatic carbocycles. The molecular weight excluding hydrogens is 288 g/mol. The molecule has 21 heavy (non-hydrogen) atoms. The van der Waals surface area contributed by atoms with Gasteiger partial charge in [0.15, 0.2) is 0 Å². The fourth-order valence-corrected chi connectivity index (χ4v) is 0.844. The first-order valence-corrected chi connectivity index (χ1v) is 5.76. The smallest absolute Gasteiger partial charge is 0.321 e. The van der Waals surface area contributed by atoms with Gasteiger partial charge in [0.2, 0.25) is 0 Å². The van der Waals surface area contributed by atoms with E-state index < -0.39 is 41.4 Å². The van der Waals surface area contributed by atoms with E-state index in [2.05, 4.69) is 0 Å². The van der Waals surface area contributed by atoms with Crippen molar-refractivity contribution in [3.63, 3.8) is 0 Å². The summed E-state index contributed by atoms with van der Waals surface area (Å²) in [4.78, 5) is 40.6. The van der Waals surface area contributed by atoms with Crippen LogP contribution < -0.4 is 11.5 Å². The van der Waals surface area contributed by atoms with Crippen molar-refractivity contribution in [1.29, 1.82) is 0 Å². The third-order valence-electron chi connectivity index (χ3n) is 2.58. The number of carboxylic acid groups (broad SMARTS) is 4. The minimum atomic E-state index is -1.42. The van der Waals surface area contributed by atoms with Gasteiger partial charge in [-0.15, -0.1) is 0 Å². The van der Waals surface area contributed by atoms with Gasteiger partial charge in [0.25, 0.3) is 0 Å². The molecule has 0 spiro atoms. The summed E-state index contributed by atoms with van der Waals surface area (Å²) in [6, 6.07) is -2.43. The second-order valence-corrected chi connectivity index (χ2v) is 4.72. The molecule has 0 radical (unpaired) electrons. The van der Waals surface area contributed by atoms with Gasteiger partial charge in [0, 0.05) is 6.42 Å². The number of aliphatic carboxylic acids is 4. The van der Waals surface area contributed by atoms with Crippen molar-refractivity contribution in [3.05, 3.63) is 0 Å². The number of rotatable bonds is 7. The van der Waals surface area contributed by atoms with E-state index >= 15 is 0 Å². The lowest BCUT2D eigenvalue weighted by Crippen LogP contribution is -2.48. The normalized spacial score (nSPS) is 13.3. The Bertz CT molecular complexity index is 407. The number of hydrogen-bond donors (Lipinski definition) is 6. The lowest BCUT2D eigenvalue weighted by atomic mass is 9.85. The van der Waals surface area contributed by atoms with Gasteiger partial charge in [-0.3, -0.25) is 19.2 Å². The Morgan fingerprint density at radius 3 is 1.57 bits per heavy atom. The highest BCUT2D eigenvalue weighted by molar-refractivity contribution is 5.85. The molecule has 0 heterocycles. The van der Waals surface area contributed by atoms with Crippen LogP contribution in [-0.4, -0.2) is 56.4 Å². The minimum Gasteiger partial charge on any atom is -0.481 e. The van der Waals surface area contributed by atoms with Crippen molar-refractivity contribution in [2.75, 3.05) is 0 Å². The molecule has 8 N–H and O–H groups in total. The Morgan fingerprint density at radius 1 is 0.952 bits per heavy atom. The molecule has 0 aliphatic heterocycles. The fraction of sp³-hybridized carbons (Fsp3) is 0.636. The van der Waals surface area contributed by atoms with Crippen LogP contribution in [0.25, 0.3) is 0 Å². The molecule has 0 aromatic carbocycles. The average molecular weight is 308 g/mol. The molecule has 10 heteroatoms. The van der Waals surface area contributed by atoms with E-state index in [4.69, 9.17) is 31.9 Å². The van der Waals surface area contributed by atoms with Crippen LogP contribution in [0.5, 0.6) is 0 Å². The molecule has 2 atom stereocenters. The Kier molecular flexibility index (Phi) is 8.91. The standard InChI is InChI=1S/C6H11NO4.C5H9NO4/c1-6(2,5(10)11)3(7)4(8)9;6-3(5(9)10)1-2-4(7)8/h3H,7H2,1-2H3,(H,8,9)(H,10,11);3H,1-2,6H2,(H,7,8)(H,9,10). The fourth-order valence-electron chi connectivity index (χ4n) is 0.844. The predicted molar refractivity (Wildman–Crippen MR) is 69.5 cm³/mol. The Hall–Kier alpha value is -2.20. The molecular formula is C11H20N2O8. The van der Waals surface area contributed by atoms with Crippen LogP contribution >= 0.6 is 0 Å². The van der Waals surface area contributed by atoms with Crippen molar-refractivity contribution in [2.45, 2.75) is 38.8 Å². The Balaban J connectivity index is 0. The summed E-state index contributed by atoms with van der Waals surface area (Å²) in [5.74, 6) is -4.72. The van der Waals surface area contributed by atoms with Gasteiger partial charge in [-0.1, -0.05) is 0 Å². The summed E-state index contributed by atoms with van der Waals surface area (Å²) < 4.78 is 0. The second-order valence-electron chi connectivity index (χ2n) is 4.72. The van der Waals surface area contributed by atoms with Crippen LogP contribution in [0.2, 0.25) is 0 Å². The van der Waals surface area contributed by atoms with Crippen LogP contribution in [0, 0.1) is 5.41 Å². The first kappa shape index (κ1) is 21.1. The topological polar surface area (TPSA) is 201 Å². The van der Waals surface area contributed by atoms with E-state index in [1.807, 2.05) is 0 Å². The van der Waals surface area contributed by atoms with Crippen LogP contribution in [-0.2, 0) is 19.2 Å². The van der Waals surface area contributed by atoms with E-state index in [9.17, 15) is 19.2 Å². The van der Waals surface area contributed by atoms with Crippen molar-refractivity contribution in [3.8, 4) is 0 Å². The third kappa shape index (κ3) is 8.55. The lowest BCUT2D eigenvalue weighted by molar-refractivity contribution is -0.155. The first-order valence-electron chi connectivity index (χ1n) is 5.76. The van der Waals surface area contributed by atoms with Gasteiger partial charge in [0.05, 0.1) is 5.41 Å². The summed E-state index contributed by atoms with van der Waals surface area (Å²) in [6.45, 7) is 2.54. The quantitative estimate of drug-likeness (QED) is 0.330. The van der Waals surface area contributed by atoms with Crippen LogP contribution in [0.1, 0.15) is 26.7 Å². The molecule has 0 rings (SSSR count). The summed E-state index contributed by atoms with van der Waals surface area (Å²) in [7, 11) is 0. The SMILES string of the molecule is CC(C)(C(=O)O)C(N)C(=O)O.NC(CCC(=O)O)C(=O)O. The third-order valence-corrected chi connectivity index (χ3v) is 2.58. The van der Waals surface area contributed by atoms with E-state index in [1.54, 1.807) is 0 Å². The molecule has 0 saturated heterocycles. The van der Waals surface area contributed by atoms with Crippen molar-refractivity contribution in [2.24, 2.45) is 16.9 Å². The summed E-state index contributed by atoms with van der Waals surface area (Å²) in [5.41, 5.74) is 8.69. The van der Waals surface area contributed by atoms with Gasteiger partial charge in [-0.2, -0.15) is 0 Å². The molecule has 0 amide bonds. The average Bonchev–Trinajstić information content (AvgIpc) is 2.34. The first-order chi connectivity index (χ1) is 9.33. The zero-order chi connectivity index (χ0) is 17.4. The Morgan fingerprint density at radius 2 is 1.38 bits per heavy atom. The minimum absolute atomic E-state index is 0.0231. The maximum Gasteiger partial charge on any atom is 0.321 e. The van der Waals surface area contributed by atoms with Gasteiger partial charge >= 0.3 is 23.9 Å².